The summed E-state index contributed by atoms with van der Waals surface area (Å²) in [5.74, 6) is -1.70. The maximum Gasteiger partial charge on any atom is 0.335 e. The SMILES string of the molecule is CCOC(=O)C(O)CC(Cc1ccc(-c2ccccc2)cc1)NC(=O)c1cc(C(=O)NCCc2cnc[nH]2)[nH]n1. The van der Waals surface area contributed by atoms with Crippen LogP contribution in [0.15, 0.2) is 73.2 Å². The van der Waals surface area contributed by atoms with E-state index in [2.05, 4.69) is 30.8 Å². The molecule has 5 N–H and O–H groups in total. The fourth-order valence-corrected chi connectivity index (χ4v) is 4.19. The van der Waals surface area contributed by atoms with Crippen LogP contribution in [0.3, 0.4) is 0 Å². The van der Waals surface area contributed by atoms with E-state index in [0.717, 1.165) is 22.4 Å². The van der Waals surface area contributed by atoms with Crippen LogP contribution >= 0.6 is 0 Å². The lowest BCUT2D eigenvalue weighted by Crippen LogP contribution is -2.41. The molecule has 0 radical (unpaired) electrons. The first-order chi connectivity index (χ1) is 19.4. The quantitative estimate of drug-likeness (QED) is 0.161. The van der Waals surface area contributed by atoms with Gasteiger partial charge in [0.2, 0.25) is 0 Å². The van der Waals surface area contributed by atoms with Gasteiger partial charge >= 0.3 is 5.97 Å². The average molecular weight is 545 g/mol. The van der Waals surface area contributed by atoms with Crippen molar-refractivity contribution in [3.63, 3.8) is 0 Å². The van der Waals surface area contributed by atoms with E-state index in [4.69, 9.17) is 4.74 Å². The second-order valence-electron chi connectivity index (χ2n) is 9.19. The number of aliphatic hydroxyl groups is 1. The Morgan fingerprint density at radius 3 is 2.48 bits per heavy atom. The molecule has 2 unspecified atom stereocenters. The first-order valence-electron chi connectivity index (χ1n) is 13.0. The first kappa shape index (κ1) is 28.2. The lowest BCUT2D eigenvalue weighted by Gasteiger charge is -2.21. The molecule has 4 aromatic rings. The molecule has 0 aliphatic heterocycles. The van der Waals surface area contributed by atoms with Gasteiger partial charge in [-0.05, 0) is 30.0 Å². The Morgan fingerprint density at radius 1 is 1.02 bits per heavy atom. The summed E-state index contributed by atoms with van der Waals surface area (Å²) in [6.45, 7) is 2.16. The lowest BCUT2D eigenvalue weighted by molar-refractivity contribution is -0.153. The predicted octanol–water partition coefficient (Wildman–Crippen LogP) is 2.43. The van der Waals surface area contributed by atoms with Crippen LogP contribution in [-0.2, 0) is 22.4 Å². The van der Waals surface area contributed by atoms with E-state index >= 15 is 0 Å². The van der Waals surface area contributed by atoms with Gasteiger partial charge in [-0.25, -0.2) is 9.78 Å². The number of carbonyl (C=O) groups is 3. The Hall–Kier alpha value is -4.77. The van der Waals surface area contributed by atoms with Gasteiger partial charge in [0.05, 0.1) is 12.9 Å². The lowest BCUT2D eigenvalue weighted by atomic mass is 9.97. The van der Waals surface area contributed by atoms with E-state index in [-0.39, 0.29) is 24.4 Å². The minimum atomic E-state index is -1.41. The fraction of sp³-hybridized carbons (Fsp3) is 0.276. The van der Waals surface area contributed by atoms with Gasteiger partial charge in [-0.2, -0.15) is 5.10 Å². The van der Waals surface area contributed by atoms with Gasteiger partial charge < -0.3 is 25.5 Å². The van der Waals surface area contributed by atoms with Gasteiger partial charge in [0, 0.05) is 43.4 Å². The smallest absolute Gasteiger partial charge is 0.335 e. The zero-order valence-corrected chi connectivity index (χ0v) is 22.1. The van der Waals surface area contributed by atoms with Crippen LogP contribution in [-0.4, -0.2) is 68.4 Å². The fourth-order valence-electron chi connectivity index (χ4n) is 4.19. The van der Waals surface area contributed by atoms with Gasteiger partial charge in [-0.15, -0.1) is 0 Å². The summed E-state index contributed by atoms with van der Waals surface area (Å²) in [6, 6.07) is 18.5. The van der Waals surface area contributed by atoms with Crippen molar-refractivity contribution in [3.8, 4) is 11.1 Å². The van der Waals surface area contributed by atoms with Crippen LogP contribution in [0.5, 0.6) is 0 Å². The molecule has 0 aliphatic rings. The van der Waals surface area contributed by atoms with E-state index < -0.39 is 29.9 Å². The highest BCUT2D eigenvalue weighted by Crippen LogP contribution is 2.20. The molecule has 0 aliphatic carbocycles. The van der Waals surface area contributed by atoms with Crippen molar-refractivity contribution in [2.24, 2.45) is 0 Å². The molecule has 11 heteroatoms. The number of aromatic nitrogens is 4. The molecule has 2 amide bonds. The normalized spacial score (nSPS) is 12.3. The second kappa shape index (κ2) is 13.9. The Balaban J connectivity index is 1.40. The zero-order chi connectivity index (χ0) is 28.3. The zero-order valence-electron chi connectivity index (χ0n) is 22.1. The van der Waals surface area contributed by atoms with Gasteiger partial charge in [0.15, 0.2) is 11.8 Å². The number of amides is 2. The summed E-state index contributed by atoms with van der Waals surface area (Å²) >= 11 is 0. The Morgan fingerprint density at radius 2 is 1.77 bits per heavy atom. The highest BCUT2D eigenvalue weighted by Gasteiger charge is 2.25. The number of esters is 1. The summed E-state index contributed by atoms with van der Waals surface area (Å²) in [5, 5.41) is 22.5. The molecule has 0 bridgehead atoms. The maximum absolute atomic E-state index is 13.0. The van der Waals surface area contributed by atoms with Crippen LogP contribution in [0.25, 0.3) is 11.1 Å². The van der Waals surface area contributed by atoms with Gasteiger partial charge in [0.1, 0.15) is 5.69 Å². The topological polar surface area (TPSA) is 162 Å². The van der Waals surface area contributed by atoms with Gasteiger partial charge in [-0.3, -0.25) is 14.7 Å². The van der Waals surface area contributed by atoms with Gasteiger partial charge in [0.25, 0.3) is 11.8 Å². The molecule has 4 rings (SSSR count). The van der Waals surface area contributed by atoms with Crippen LogP contribution in [0.1, 0.15) is 45.6 Å². The molecule has 40 heavy (non-hydrogen) atoms. The Kier molecular flexibility index (Phi) is 9.78. The van der Waals surface area contributed by atoms with Gasteiger partial charge in [-0.1, -0.05) is 54.6 Å². The number of imidazole rings is 1. The number of rotatable bonds is 13. The highest BCUT2D eigenvalue weighted by molar-refractivity contribution is 5.97. The number of aliphatic hydroxyl groups excluding tert-OH is 1. The van der Waals surface area contributed by atoms with Crippen molar-refractivity contribution in [3.05, 3.63) is 95.8 Å². The second-order valence-corrected chi connectivity index (χ2v) is 9.19. The first-order valence-corrected chi connectivity index (χ1v) is 13.0. The summed E-state index contributed by atoms with van der Waals surface area (Å²) in [6.07, 6.45) is 2.69. The number of H-pyrrole nitrogens is 2. The summed E-state index contributed by atoms with van der Waals surface area (Å²) in [5.41, 5.74) is 4.05. The molecule has 208 valence electrons. The summed E-state index contributed by atoms with van der Waals surface area (Å²) in [4.78, 5) is 44.5. The largest absolute Gasteiger partial charge is 0.464 e. The third kappa shape index (κ3) is 7.87. The number of nitrogens with one attached hydrogen (secondary N) is 4. The minimum Gasteiger partial charge on any atom is -0.464 e. The predicted molar refractivity (Wildman–Crippen MR) is 147 cm³/mol. The highest BCUT2D eigenvalue weighted by atomic mass is 16.5. The van der Waals surface area contributed by atoms with Crippen molar-refractivity contribution in [1.82, 2.24) is 30.8 Å². The van der Waals surface area contributed by atoms with Crippen molar-refractivity contribution < 1.29 is 24.2 Å². The van der Waals surface area contributed by atoms with Crippen LogP contribution in [0.2, 0.25) is 0 Å². The number of hydrogen-bond acceptors (Lipinski definition) is 7. The number of nitrogens with zero attached hydrogens (tertiary/aromatic N) is 2. The number of aromatic amines is 2. The van der Waals surface area contributed by atoms with Crippen molar-refractivity contribution >= 4 is 17.8 Å². The van der Waals surface area contributed by atoms with E-state index in [1.54, 1.807) is 19.4 Å². The van der Waals surface area contributed by atoms with Crippen LogP contribution in [0, 0.1) is 0 Å². The molecule has 2 heterocycles. The molecule has 0 saturated carbocycles. The third-order valence-electron chi connectivity index (χ3n) is 6.23. The van der Waals surface area contributed by atoms with Crippen LogP contribution in [0.4, 0.5) is 0 Å². The Bertz CT molecular complexity index is 1390. The molecule has 11 nitrogen and oxygen atoms in total. The monoisotopic (exact) mass is 544 g/mol. The van der Waals surface area contributed by atoms with E-state index in [9.17, 15) is 19.5 Å². The van der Waals surface area contributed by atoms with Crippen LogP contribution < -0.4 is 10.6 Å². The average Bonchev–Trinajstić information content (AvgIpc) is 3.67. The molecule has 2 atom stereocenters. The molecule has 2 aromatic heterocycles. The van der Waals surface area contributed by atoms with E-state index in [1.807, 2.05) is 54.6 Å². The van der Waals surface area contributed by atoms with E-state index in [1.165, 1.54) is 6.07 Å². The van der Waals surface area contributed by atoms with Crippen molar-refractivity contribution in [2.75, 3.05) is 13.2 Å². The van der Waals surface area contributed by atoms with Crippen molar-refractivity contribution in [1.29, 1.82) is 0 Å². The maximum atomic E-state index is 13.0. The third-order valence-corrected chi connectivity index (χ3v) is 6.23. The standard InChI is InChI=1S/C29H32N6O5/c1-2-40-29(39)26(36)15-23(14-19-8-10-21(11-9-19)20-6-4-3-5-7-20)33-28(38)25-16-24(34-35-25)27(37)31-13-12-22-17-30-18-32-22/h3-11,16-18,23,26,36H,2,12-15H2,1H3,(H,30,32)(H,31,37)(H,33,38)(H,34,35). The minimum absolute atomic E-state index is 0.00812. The summed E-state index contributed by atoms with van der Waals surface area (Å²) in [7, 11) is 0. The van der Waals surface area contributed by atoms with Crippen molar-refractivity contribution in [2.45, 2.75) is 38.3 Å². The molecule has 0 saturated heterocycles. The number of hydrogen-bond donors (Lipinski definition) is 5. The molecule has 0 spiro atoms. The number of benzene rings is 2. The molecule has 0 fully saturated rings. The molecule has 2 aromatic carbocycles. The Labute approximate surface area is 231 Å². The summed E-state index contributed by atoms with van der Waals surface area (Å²) < 4.78 is 4.93. The number of carbonyl (C=O) groups excluding carboxylic acids is 3. The molecular weight excluding hydrogens is 512 g/mol. The molecular formula is C29H32N6O5. The number of ether oxygens (including phenoxy) is 1. The van der Waals surface area contributed by atoms with E-state index in [0.29, 0.717) is 19.4 Å².